The van der Waals surface area contributed by atoms with E-state index in [2.05, 4.69) is 10.2 Å². The Morgan fingerprint density at radius 3 is 2.35 bits per heavy atom. The average molecular weight is 228 g/mol. The highest BCUT2D eigenvalue weighted by atomic mass is 16.4. The first-order chi connectivity index (χ1) is 8.22. The third kappa shape index (κ3) is 2.17. The van der Waals surface area contributed by atoms with Crippen molar-refractivity contribution in [3.8, 4) is 11.1 Å². The molecular weight excluding hydrogens is 220 g/mol. The molecule has 5 heteroatoms. The molecule has 1 aromatic carbocycles. The molecule has 84 valence electrons. The van der Waals surface area contributed by atoms with Crippen molar-refractivity contribution in [1.29, 1.82) is 0 Å². The van der Waals surface area contributed by atoms with Crippen LogP contribution in [0, 0.1) is 0 Å². The van der Waals surface area contributed by atoms with Crippen LogP contribution in [-0.2, 0) is 0 Å². The fourth-order valence-corrected chi connectivity index (χ4v) is 1.46. The number of carbonyl (C=O) groups excluding carboxylic acids is 1. The molecule has 0 atom stereocenters. The zero-order valence-corrected chi connectivity index (χ0v) is 8.70. The van der Waals surface area contributed by atoms with E-state index in [-0.39, 0.29) is 5.56 Å². The molecule has 0 aliphatic rings. The third-order valence-electron chi connectivity index (χ3n) is 2.33. The van der Waals surface area contributed by atoms with Crippen LogP contribution in [0.2, 0.25) is 0 Å². The summed E-state index contributed by atoms with van der Waals surface area (Å²) in [6, 6.07) is 6.22. The van der Waals surface area contributed by atoms with E-state index >= 15 is 0 Å². The first-order valence-electron chi connectivity index (χ1n) is 4.82. The van der Waals surface area contributed by atoms with Crippen LogP contribution >= 0.6 is 0 Å². The van der Waals surface area contributed by atoms with Gasteiger partial charge in [0.25, 0.3) is 0 Å². The minimum absolute atomic E-state index is 0.198. The Hall–Kier alpha value is -2.56. The van der Waals surface area contributed by atoms with E-state index in [1.807, 2.05) is 0 Å². The zero-order valence-electron chi connectivity index (χ0n) is 8.70. The van der Waals surface area contributed by atoms with Gasteiger partial charge in [0, 0.05) is 11.1 Å². The lowest BCUT2D eigenvalue weighted by Crippen LogP contribution is -1.96. The Morgan fingerprint density at radius 1 is 1.12 bits per heavy atom. The number of rotatable bonds is 3. The topological polar surface area (TPSA) is 80.2 Å². The number of carboxylic acids is 1. The molecule has 0 saturated heterocycles. The molecule has 0 aliphatic heterocycles. The van der Waals surface area contributed by atoms with Crippen molar-refractivity contribution >= 4 is 12.3 Å². The monoisotopic (exact) mass is 228 g/mol. The fraction of sp³-hybridized carbons (Fsp3) is 0. The number of hydrogen-bond acceptors (Lipinski definition) is 4. The van der Waals surface area contributed by atoms with E-state index in [0.29, 0.717) is 17.4 Å². The van der Waals surface area contributed by atoms with E-state index in [4.69, 9.17) is 5.11 Å². The summed E-state index contributed by atoms with van der Waals surface area (Å²) in [5.41, 5.74) is 1.98. The van der Waals surface area contributed by atoms with Gasteiger partial charge in [-0.3, -0.25) is 4.79 Å². The summed E-state index contributed by atoms with van der Waals surface area (Å²) in [7, 11) is 0. The predicted octanol–water partition coefficient (Wildman–Crippen LogP) is 1.65. The molecule has 0 saturated carbocycles. The van der Waals surface area contributed by atoms with Gasteiger partial charge in [-0.1, -0.05) is 12.1 Å². The molecule has 5 nitrogen and oxygen atoms in total. The highest BCUT2D eigenvalue weighted by molar-refractivity contribution is 5.90. The molecule has 2 rings (SSSR count). The van der Waals surface area contributed by atoms with Crippen molar-refractivity contribution in [2.45, 2.75) is 0 Å². The average Bonchev–Trinajstić information content (AvgIpc) is 2.39. The summed E-state index contributed by atoms with van der Waals surface area (Å²) in [5.74, 6) is -0.986. The van der Waals surface area contributed by atoms with Crippen LogP contribution < -0.4 is 0 Å². The van der Waals surface area contributed by atoms with Crippen LogP contribution in [0.25, 0.3) is 11.1 Å². The van der Waals surface area contributed by atoms with Crippen LogP contribution in [0.4, 0.5) is 0 Å². The highest BCUT2D eigenvalue weighted by Gasteiger charge is 2.07. The molecule has 0 aliphatic carbocycles. The Kier molecular flexibility index (Phi) is 2.91. The summed E-state index contributed by atoms with van der Waals surface area (Å²) < 4.78 is 0. The lowest BCUT2D eigenvalue weighted by atomic mass is 10.0. The molecule has 0 fully saturated rings. The lowest BCUT2D eigenvalue weighted by molar-refractivity contribution is 0.0696. The van der Waals surface area contributed by atoms with Gasteiger partial charge in [-0.15, -0.1) is 0 Å². The Morgan fingerprint density at radius 2 is 1.76 bits per heavy atom. The molecule has 1 heterocycles. The van der Waals surface area contributed by atoms with Gasteiger partial charge in [0.15, 0.2) is 6.29 Å². The van der Waals surface area contributed by atoms with Gasteiger partial charge < -0.3 is 5.11 Å². The van der Waals surface area contributed by atoms with Crippen LogP contribution in [0.15, 0.2) is 36.7 Å². The van der Waals surface area contributed by atoms with E-state index in [9.17, 15) is 9.59 Å². The Labute approximate surface area is 96.7 Å². The maximum absolute atomic E-state index is 10.8. The molecule has 1 aromatic heterocycles. The van der Waals surface area contributed by atoms with Crippen LogP contribution in [-0.4, -0.2) is 27.6 Å². The summed E-state index contributed by atoms with van der Waals surface area (Å²) in [6.07, 6.45) is 3.53. The van der Waals surface area contributed by atoms with E-state index < -0.39 is 5.97 Å². The second-order valence-electron chi connectivity index (χ2n) is 3.36. The van der Waals surface area contributed by atoms with Crippen molar-refractivity contribution in [2.24, 2.45) is 0 Å². The maximum atomic E-state index is 10.8. The SMILES string of the molecule is O=Cc1cnncc1-c1ccc(C(=O)O)cc1. The number of aldehydes is 1. The van der Waals surface area contributed by atoms with Crippen LogP contribution in [0.1, 0.15) is 20.7 Å². The number of hydrogen-bond donors (Lipinski definition) is 1. The Balaban J connectivity index is 2.46. The highest BCUT2D eigenvalue weighted by Crippen LogP contribution is 2.21. The minimum Gasteiger partial charge on any atom is -0.478 e. The van der Waals surface area contributed by atoms with Crippen LogP contribution in [0.3, 0.4) is 0 Å². The first-order valence-corrected chi connectivity index (χ1v) is 4.82. The molecule has 2 aromatic rings. The van der Waals surface area contributed by atoms with Crippen molar-refractivity contribution in [3.05, 3.63) is 47.8 Å². The molecule has 0 amide bonds. The van der Waals surface area contributed by atoms with Gasteiger partial charge in [0.2, 0.25) is 0 Å². The van der Waals surface area contributed by atoms with E-state index in [0.717, 1.165) is 5.56 Å². The quantitative estimate of drug-likeness (QED) is 0.808. The second kappa shape index (κ2) is 4.52. The zero-order chi connectivity index (χ0) is 12.3. The van der Waals surface area contributed by atoms with Gasteiger partial charge in [-0.25, -0.2) is 4.79 Å². The number of nitrogens with zero attached hydrogens (tertiary/aromatic N) is 2. The van der Waals surface area contributed by atoms with Gasteiger partial charge >= 0.3 is 5.97 Å². The fourth-order valence-electron chi connectivity index (χ4n) is 1.46. The van der Waals surface area contributed by atoms with E-state index in [1.165, 1.54) is 24.5 Å². The molecular formula is C12H8N2O3. The number of aromatic nitrogens is 2. The van der Waals surface area contributed by atoms with Crippen molar-refractivity contribution < 1.29 is 14.7 Å². The number of aromatic carboxylic acids is 1. The van der Waals surface area contributed by atoms with Crippen molar-refractivity contribution in [1.82, 2.24) is 10.2 Å². The summed E-state index contributed by atoms with van der Waals surface area (Å²) in [4.78, 5) is 21.5. The Bertz CT molecular complexity index is 564. The molecule has 0 unspecified atom stereocenters. The number of carbonyl (C=O) groups is 2. The smallest absolute Gasteiger partial charge is 0.335 e. The van der Waals surface area contributed by atoms with Crippen molar-refractivity contribution in [3.63, 3.8) is 0 Å². The largest absolute Gasteiger partial charge is 0.478 e. The van der Waals surface area contributed by atoms with Gasteiger partial charge in [0.05, 0.1) is 18.0 Å². The lowest BCUT2D eigenvalue weighted by Gasteiger charge is -2.03. The maximum Gasteiger partial charge on any atom is 0.335 e. The normalized spacial score (nSPS) is 9.88. The summed E-state index contributed by atoms with van der Waals surface area (Å²) in [5, 5.41) is 16.1. The number of carboxylic acid groups (broad SMARTS) is 1. The first kappa shape index (κ1) is 10.9. The van der Waals surface area contributed by atoms with Gasteiger partial charge in [-0.2, -0.15) is 10.2 Å². The molecule has 17 heavy (non-hydrogen) atoms. The van der Waals surface area contributed by atoms with E-state index in [1.54, 1.807) is 12.1 Å². The predicted molar refractivity (Wildman–Crippen MR) is 59.8 cm³/mol. The second-order valence-corrected chi connectivity index (χ2v) is 3.36. The van der Waals surface area contributed by atoms with Crippen molar-refractivity contribution in [2.75, 3.05) is 0 Å². The summed E-state index contributed by atoms with van der Waals surface area (Å²) in [6.45, 7) is 0. The minimum atomic E-state index is -0.986. The van der Waals surface area contributed by atoms with Gasteiger partial charge in [0.1, 0.15) is 0 Å². The molecule has 0 spiro atoms. The molecule has 1 N–H and O–H groups in total. The van der Waals surface area contributed by atoms with Gasteiger partial charge in [-0.05, 0) is 17.7 Å². The summed E-state index contributed by atoms with van der Waals surface area (Å²) >= 11 is 0. The van der Waals surface area contributed by atoms with Crippen LogP contribution in [0.5, 0.6) is 0 Å². The third-order valence-corrected chi connectivity index (χ3v) is 2.33. The molecule has 0 radical (unpaired) electrons. The number of benzene rings is 1. The molecule has 0 bridgehead atoms. The standard InChI is InChI=1S/C12H8N2O3/c15-7-10-5-13-14-6-11(10)8-1-3-9(4-2-8)12(16)17/h1-7H,(H,16,17).